The molecule has 0 radical (unpaired) electrons. The summed E-state index contributed by atoms with van der Waals surface area (Å²) in [5, 5.41) is 13.1. The molecule has 7 nitrogen and oxygen atoms in total. The number of aliphatic carboxylic acids is 1. The van der Waals surface area contributed by atoms with Gasteiger partial charge in [0.1, 0.15) is 0 Å². The Morgan fingerprint density at radius 1 is 1.17 bits per heavy atom. The molecule has 0 bridgehead atoms. The highest BCUT2D eigenvalue weighted by Crippen LogP contribution is 2.32. The minimum atomic E-state index is -1.02. The van der Waals surface area contributed by atoms with Gasteiger partial charge in [0.25, 0.3) is 11.5 Å². The summed E-state index contributed by atoms with van der Waals surface area (Å²) in [5.74, 6) is -1.32. The Hall–Kier alpha value is -3.61. The van der Waals surface area contributed by atoms with Crippen LogP contribution in [-0.2, 0) is 17.8 Å². The molecule has 3 rings (SSSR count). The zero-order valence-corrected chi connectivity index (χ0v) is 21.4. The van der Waals surface area contributed by atoms with E-state index in [1.807, 2.05) is 39.1 Å². The highest BCUT2D eigenvalue weighted by molar-refractivity contribution is 6.09. The predicted octanol–water partition coefficient (Wildman–Crippen LogP) is 5.29. The lowest BCUT2D eigenvalue weighted by molar-refractivity contribution is -0.131. The van der Waals surface area contributed by atoms with Crippen molar-refractivity contribution in [1.82, 2.24) is 14.9 Å². The number of aromatic nitrogens is 2. The van der Waals surface area contributed by atoms with E-state index in [-0.39, 0.29) is 24.1 Å². The summed E-state index contributed by atoms with van der Waals surface area (Å²) in [4.78, 5) is 40.4. The van der Waals surface area contributed by atoms with Gasteiger partial charge in [0, 0.05) is 52.6 Å². The van der Waals surface area contributed by atoms with E-state index in [0.29, 0.717) is 28.7 Å². The van der Waals surface area contributed by atoms with E-state index < -0.39 is 5.97 Å². The van der Waals surface area contributed by atoms with Crippen LogP contribution in [0.4, 0.5) is 0 Å². The number of hydrogen-bond donors (Lipinski definition) is 3. The van der Waals surface area contributed by atoms with Crippen molar-refractivity contribution < 1.29 is 14.7 Å². The van der Waals surface area contributed by atoms with Gasteiger partial charge in [-0.1, -0.05) is 20.3 Å². The molecule has 0 saturated heterocycles. The molecule has 0 atom stereocenters. The Kier molecular flexibility index (Phi) is 7.99. The molecule has 2 heterocycles. The summed E-state index contributed by atoms with van der Waals surface area (Å²) in [6.45, 7) is 12.0. The second-order valence-corrected chi connectivity index (χ2v) is 9.31. The molecule has 1 aromatic carbocycles. The van der Waals surface area contributed by atoms with E-state index in [4.69, 9.17) is 0 Å². The number of amides is 1. The Morgan fingerprint density at radius 3 is 2.49 bits per heavy atom. The largest absolute Gasteiger partial charge is 0.478 e. The number of aromatic amines is 1. The van der Waals surface area contributed by atoms with Gasteiger partial charge < -0.3 is 20.0 Å². The van der Waals surface area contributed by atoms with E-state index >= 15 is 0 Å². The first-order valence-electron chi connectivity index (χ1n) is 12.2. The maximum Gasteiger partial charge on any atom is 0.328 e. The molecule has 0 fully saturated rings. The third-order valence-corrected chi connectivity index (χ3v) is 6.28. The smallest absolute Gasteiger partial charge is 0.328 e. The molecule has 0 aliphatic carbocycles. The van der Waals surface area contributed by atoms with Crippen LogP contribution in [0.2, 0.25) is 0 Å². The maximum absolute atomic E-state index is 13.5. The lowest BCUT2D eigenvalue weighted by atomic mass is 9.96. The molecule has 3 N–H and O–H groups in total. The van der Waals surface area contributed by atoms with Crippen LogP contribution in [0, 0.1) is 13.8 Å². The zero-order chi connectivity index (χ0) is 25.9. The predicted molar refractivity (Wildman–Crippen MR) is 140 cm³/mol. The lowest BCUT2D eigenvalue weighted by Gasteiger charge is -2.15. The van der Waals surface area contributed by atoms with Crippen LogP contribution in [0.3, 0.4) is 0 Å². The molecular weight excluding hydrogens is 442 g/mol. The summed E-state index contributed by atoms with van der Waals surface area (Å²) < 4.78 is 2.10. The average Bonchev–Trinajstić information content (AvgIpc) is 3.13. The van der Waals surface area contributed by atoms with Crippen LogP contribution in [-0.4, -0.2) is 26.5 Å². The van der Waals surface area contributed by atoms with Crippen molar-refractivity contribution in [3.05, 3.63) is 74.3 Å². The highest BCUT2D eigenvalue weighted by atomic mass is 16.4. The molecule has 7 heteroatoms. The molecule has 3 aromatic rings. The van der Waals surface area contributed by atoms with Gasteiger partial charge in [-0.2, -0.15) is 0 Å². The van der Waals surface area contributed by atoms with Crippen LogP contribution >= 0.6 is 0 Å². The zero-order valence-electron chi connectivity index (χ0n) is 21.4. The number of fused-ring (bicyclic) bond motifs is 1. The number of carboxylic acids is 1. The number of pyridine rings is 1. The van der Waals surface area contributed by atoms with Crippen molar-refractivity contribution in [2.45, 2.75) is 73.4 Å². The van der Waals surface area contributed by atoms with E-state index in [0.717, 1.165) is 40.6 Å². The van der Waals surface area contributed by atoms with Gasteiger partial charge in [-0.05, 0) is 81.0 Å². The summed E-state index contributed by atoms with van der Waals surface area (Å²) in [6, 6.07) is 5.84. The van der Waals surface area contributed by atoms with Crippen molar-refractivity contribution in [2.75, 3.05) is 0 Å². The number of carbonyl (C=O) groups is 2. The number of nitrogens with zero attached hydrogens (tertiary/aromatic N) is 1. The van der Waals surface area contributed by atoms with E-state index in [2.05, 4.69) is 35.6 Å². The fourth-order valence-corrected chi connectivity index (χ4v) is 4.65. The van der Waals surface area contributed by atoms with Crippen LogP contribution < -0.4 is 10.9 Å². The van der Waals surface area contributed by atoms with Gasteiger partial charge in [0.15, 0.2) is 0 Å². The first kappa shape index (κ1) is 26.0. The molecule has 0 saturated carbocycles. The quantitative estimate of drug-likeness (QED) is 0.364. The number of carboxylic acid groups (broad SMARTS) is 1. The molecule has 1 amide bonds. The van der Waals surface area contributed by atoms with Crippen LogP contribution in [0.5, 0.6) is 0 Å². The van der Waals surface area contributed by atoms with Crippen molar-refractivity contribution in [3.8, 4) is 0 Å². The molecule has 0 spiro atoms. The number of allylic oxidation sites excluding steroid dienone is 1. The maximum atomic E-state index is 13.5. The van der Waals surface area contributed by atoms with Crippen molar-refractivity contribution in [2.24, 2.45) is 0 Å². The van der Waals surface area contributed by atoms with Gasteiger partial charge in [0.2, 0.25) is 0 Å². The third-order valence-electron chi connectivity index (χ3n) is 6.28. The third kappa shape index (κ3) is 5.56. The van der Waals surface area contributed by atoms with Gasteiger partial charge in [-0.15, -0.1) is 0 Å². The monoisotopic (exact) mass is 477 g/mol. The Bertz CT molecular complexity index is 1360. The Morgan fingerprint density at radius 2 is 1.89 bits per heavy atom. The summed E-state index contributed by atoms with van der Waals surface area (Å²) in [5.41, 5.74) is 5.77. The molecular formula is C28H35N3O4. The fraction of sp³-hybridized carbons (Fsp3) is 0.393. The van der Waals surface area contributed by atoms with Gasteiger partial charge in [-0.25, -0.2) is 4.79 Å². The van der Waals surface area contributed by atoms with E-state index in [1.165, 1.54) is 6.08 Å². The minimum absolute atomic E-state index is 0.116. The van der Waals surface area contributed by atoms with Gasteiger partial charge >= 0.3 is 5.97 Å². The van der Waals surface area contributed by atoms with Crippen LogP contribution in [0.15, 0.2) is 35.3 Å². The first-order chi connectivity index (χ1) is 16.6. The Balaban J connectivity index is 2.12. The van der Waals surface area contributed by atoms with Crippen molar-refractivity contribution in [1.29, 1.82) is 0 Å². The second-order valence-electron chi connectivity index (χ2n) is 9.31. The summed E-state index contributed by atoms with van der Waals surface area (Å²) >= 11 is 0. The van der Waals surface area contributed by atoms with Gasteiger partial charge in [0.05, 0.1) is 0 Å². The van der Waals surface area contributed by atoms with Crippen LogP contribution in [0.25, 0.3) is 16.5 Å². The molecule has 35 heavy (non-hydrogen) atoms. The number of aryl methyl sites for hydroxylation is 3. The fourth-order valence-electron chi connectivity index (χ4n) is 4.65. The first-order valence-corrected chi connectivity index (χ1v) is 12.2. The number of rotatable bonds is 9. The summed E-state index contributed by atoms with van der Waals surface area (Å²) in [7, 11) is 0. The molecule has 2 aromatic heterocycles. The number of benzene rings is 1. The second kappa shape index (κ2) is 10.8. The molecule has 0 unspecified atom stereocenters. The topological polar surface area (TPSA) is 104 Å². The number of H-pyrrole nitrogens is 1. The SMILES string of the molecule is CCCc1cc(C)[nH]c(=O)c1CNC(=O)c1cc(/C(=C/C(=O)O)CC)cc2c1c(C)cn2C(C)C. The summed E-state index contributed by atoms with van der Waals surface area (Å²) in [6.07, 6.45) is 5.38. The molecule has 186 valence electrons. The van der Waals surface area contributed by atoms with E-state index in [9.17, 15) is 19.5 Å². The highest BCUT2D eigenvalue weighted by Gasteiger charge is 2.20. The van der Waals surface area contributed by atoms with Gasteiger partial charge in [-0.3, -0.25) is 9.59 Å². The normalized spacial score (nSPS) is 11.9. The standard InChI is InChI=1S/C28H35N3O4/c1-7-9-20-10-18(6)30-28(35)23(20)14-29-27(34)22-11-21(19(8-2)13-25(32)33)12-24-26(22)17(5)15-31(24)16(3)4/h10-13,15-16H,7-9,14H2,1-6H3,(H,29,34)(H,30,35)(H,32,33)/b19-13+. The minimum Gasteiger partial charge on any atom is -0.478 e. The lowest BCUT2D eigenvalue weighted by Crippen LogP contribution is -2.28. The van der Waals surface area contributed by atoms with Crippen molar-refractivity contribution in [3.63, 3.8) is 0 Å². The number of nitrogens with one attached hydrogen (secondary N) is 2. The average molecular weight is 478 g/mol. The number of carbonyl (C=O) groups excluding carboxylic acids is 1. The Labute approximate surface area is 205 Å². The van der Waals surface area contributed by atoms with Crippen molar-refractivity contribution >= 4 is 28.4 Å². The molecule has 0 aliphatic heterocycles. The molecule has 0 aliphatic rings. The number of hydrogen-bond acceptors (Lipinski definition) is 3. The van der Waals surface area contributed by atoms with E-state index in [1.54, 1.807) is 6.07 Å². The van der Waals surface area contributed by atoms with Crippen LogP contribution in [0.1, 0.15) is 84.9 Å².